The fraction of sp³-hybridized carbons (Fsp3) is 0.500. The molecule has 0 radical (unpaired) electrons. The average Bonchev–Trinajstić information content (AvgIpc) is 2.86. The summed E-state index contributed by atoms with van der Waals surface area (Å²) in [6.07, 6.45) is -9.30. The number of nitrogens with zero attached hydrogens (tertiary/aromatic N) is 1. The van der Waals surface area contributed by atoms with E-state index < -0.39 is 29.4 Å². The van der Waals surface area contributed by atoms with Crippen LogP contribution in [-0.4, -0.2) is 68.1 Å². The summed E-state index contributed by atoms with van der Waals surface area (Å²) < 4.78 is 89.8. The van der Waals surface area contributed by atoms with Crippen molar-refractivity contribution in [2.45, 2.75) is 37.3 Å². The van der Waals surface area contributed by atoms with E-state index in [9.17, 15) is 31.1 Å². The molecule has 1 aliphatic rings. The first-order valence-corrected chi connectivity index (χ1v) is 12.1. The van der Waals surface area contributed by atoms with Crippen LogP contribution in [0.3, 0.4) is 0 Å². The smallest absolute Gasteiger partial charge is 0.416 e. The Morgan fingerprint density at radius 2 is 1.66 bits per heavy atom. The number of aliphatic carboxylic acids is 1. The number of rotatable bonds is 12. The van der Waals surface area contributed by atoms with Crippen molar-refractivity contribution in [3.8, 4) is 0 Å². The van der Waals surface area contributed by atoms with Crippen LogP contribution in [0.4, 0.5) is 26.3 Å². The Morgan fingerprint density at radius 3 is 2.26 bits per heavy atom. The standard InChI is InChI=1S/C26H30F6N2O4/c27-25(28,29)20-12-18(13-21(14-20)26(30,31)32)6-10-37-16-23(19-4-2-1-3-5-19)34-9-8-33-22(15-34)7-11-38-17-24(35)36/h1-5,12-14,22-23,33H,6-11,15-17H2,(H,35,36). The molecular formula is C26H30F6N2O4. The first-order valence-electron chi connectivity index (χ1n) is 12.1. The summed E-state index contributed by atoms with van der Waals surface area (Å²) >= 11 is 0. The Kier molecular flexibility index (Phi) is 10.5. The van der Waals surface area contributed by atoms with Crippen molar-refractivity contribution in [3.63, 3.8) is 0 Å². The van der Waals surface area contributed by atoms with E-state index in [4.69, 9.17) is 14.6 Å². The number of carbonyl (C=O) groups is 1. The fourth-order valence-electron chi connectivity index (χ4n) is 4.35. The Balaban J connectivity index is 1.63. The highest BCUT2D eigenvalue weighted by Crippen LogP contribution is 2.36. The SMILES string of the molecule is O=C(O)COCCC1CN(C(COCCc2cc(C(F)(F)F)cc(C(F)(F)F)c2)c2ccccc2)CCN1. The van der Waals surface area contributed by atoms with Crippen molar-refractivity contribution in [2.75, 3.05) is 46.1 Å². The summed E-state index contributed by atoms with van der Waals surface area (Å²) in [6.45, 7) is 2.05. The molecule has 0 bridgehead atoms. The molecule has 38 heavy (non-hydrogen) atoms. The van der Waals surface area contributed by atoms with E-state index in [0.717, 1.165) is 17.7 Å². The molecule has 2 atom stereocenters. The van der Waals surface area contributed by atoms with E-state index in [2.05, 4.69) is 10.2 Å². The second-order valence-electron chi connectivity index (χ2n) is 9.05. The predicted octanol–water partition coefficient (Wildman–Crippen LogP) is 4.79. The number of nitrogens with one attached hydrogen (secondary N) is 1. The van der Waals surface area contributed by atoms with E-state index in [1.54, 1.807) is 0 Å². The molecule has 0 aromatic heterocycles. The number of alkyl halides is 6. The van der Waals surface area contributed by atoms with Crippen LogP contribution in [0.5, 0.6) is 0 Å². The molecule has 1 fully saturated rings. The van der Waals surface area contributed by atoms with Crippen molar-refractivity contribution in [1.82, 2.24) is 10.2 Å². The fourth-order valence-corrected chi connectivity index (χ4v) is 4.35. The van der Waals surface area contributed by atoms with Crippen LogP contribution in [-0.2, 0) is 33.0 Å². The second-order valence-corrected chi connectivity index (χ2v) is 9.05. The van der Waals surface area contributed by atoms with E-state index in [-0.39, 0.29) is 56.6 Å². The van der Waals surface area contributed by atoms with Gasteiger partial charge in [-0.3, -0.25) is 4.90 Å². The lowest BCUT2D eigenvalue weighted by atomic mass is 10.0. The van der Waals surface area contributed by atoms with E-state index in [1.807, 2.05) is 30.3 Å². The number of benzene rings is 2. The van der Waals surface area contributed by atoms with Crippen molar-refractivity contribution in [3.05, 3.63) is 70.8 Å². The number of carboxylic acids is 1. The summed E-state index contributed by atoms with van der Waals surface area (Å²) in [5.41, 5.74) is -1.83. The van der Waals surface area contributed by atoms with Crippen LogP contribution < -0.4 is 5.32 Å². The average molecular weight is 549 g/mol. The second kappa shape index (κ2) is 13.4. The molecule has 2 aromatic rings. The van der Waals surface area contributed by atoms with Gasteiger partial charge in [0.05, 0.1) is 30.4 Å². The van der Waals surface area contributed by atoms with Crippen LogP contribution in [0.2, 0.25) is 0 Å². The Labute approximate surface area is 216 Å². The van der Waals surface area contributed by atoms with Crippen LogP contribution in [0, 0.1) is 0 Å². The number of halogens is 6. The molecule has 3 rings (SSSR count). The van der Waals surface area contributed by atoms with Crippen LogP contribution >= 0.6 is 0 Å². The number of piperazine rings is 1. The highest BCUT2D eigenvalue weighted by molar-refractivity contribution is 5.67. The summed E-state index contributed by atoms with van der Waals surface area (Å²) in [5.74, 6) is -1.04. The molecule has 0 spiro atoms. The highest BCUT2D eigenvalue weighted by Gasteiger charge is 2.37. The van der Waals surface area contributed by atoms with Crippen molar-refractivity contribution < 1.29 is 45.7 Å². The van der Waals surface area contributed by atoms with Crippen LogP contribution in [0.15, 0.2) is 48.5 Å². The molecule has 1 heterocycles. The largest absolute Gasteiger partial charge is 0.480 e. The minimum atomic E-state index is -4.90. The van der Waals surface area contributed by atoms with Gasteiger partial charge in [0, 0.05) is 32.3 Å². The lowest BCUT2D eigenvalue weighted by molar-refractivity contribution is -0.144. The van der Waals surface area contributed by atoms with E-state index in [0.29, 0.717) is 26.1 Å². The highest BCUT2D eigenvalue weighted by atomic mass is 19.4. The Hall–Kier alpha value is -2.67. The number of hydrogen-bond acceptors (Lipinski definition) is 5. The lowest BCUT2D eigenvalue weighted by Crippen LogP contribution is -2.52. The minimum absolute atomic E-state index is 0.0506. The van der Waals surface area contributed by atoms with Crippen LogP contribution in [0.1, 0.15) is 34.7 Å². The van der Waals surface area contributed by atoms with Crippen LogP contribution in [0.25, 0.3) is 0 Å². The predicted molar refractivity (Wildman–Crippen MR) is 127 cm³/mol. The number of ether oxygens (including phenoxy) is 2. The van der Waals surface area contributed by atoms with Gasteiger partial charge in [0.15, 0.2) is 0 Å². The summed E-state index contributed by atoms with van der Waals surface area (Å²) in [6, 6.07) is 10.9. The molecule has 2 aromatic carbocycles. The number of carboxylic acid groups (broad SMARTS) is 1. The summed E-state index contributed by atoms with van der Waals surface area (Å²) in [5, 5.41) is 12.1. The maximum Gasteiger partial charge on any atom is 0.416 e. The van der Waals surface area contributed by atoms with Gasteiger partial charge in [-0.2, -0.15) is 26.3 Å². The summed E-state index contributed by atoms with van der Waals surface area (Å²) in [4.78, 5) is 12.8. The van der Waals surface area contributed by atoms with Gasteiger partial charge in [0.2, 0.25) is 0 Å². The molecule has 2 N–H and O–H groups in total. The molecule has 0 aliphatic carbocycles. The third-order valence-corrected chi connectivity index (χ3v) is 6.21. The zero-order valence-electron chi connectivity index (χ0n) is 20.5. The molecule has 0 saturated carbocycles. The van der Waals surface area contributed by atoms with Crippen molar-refractivity contribution >= 4 is 5.97 Å². The lowest BCUT2D eigenvalue weighted by Gasteiger charge is -2.39. The molecule has 12 heteroatoms. The van der Waals surface area contributed by atoms with Gasteiger partial charge < -0.3 is 19.9 Å². The molecule has 0 amide bonds. The molecule has 2 unspecified atom stereocenters. The first kappa shape index (κ1) is 29.9. The van der Waals surface area contributed by atoms with Gasteiger partial charge in [-0.15, -0.1) is 0 Å². The maximum atomic E-state index is 13.1. The quantitative estimate of drug-likeness (QED) is 0.294. The normalized spacial score (nSPS) is 17.9. The monoisotopic (exact) mass is 548 g/mol. The summed E-state index contributed by atoms with van der Waals surface area (Å²) in [7, 11) is 0. The Morgan fingerprint density at radius 1 is 1.00 bits per heavy atom. The third kappa shape index (κ3) is 9.26. The molecule has 1 saturated heterocycles. The topological polar surface area (TPSA) is 71.0 Å². The molecule has 1 aliphatic heterocycles. The zero-order valence-corrected chi connectivity index (χ0v) is 20.5. The van der Waals surface area contributed by atoms with Gasteiger partial charge in [0.1, 0.15) is 6.61 Å². The van der Waals surface area contributed by atoms with Crippen molar-refractivity contribution in [1.29, 1.82) is 0 Å². The first-order chi connectivity index (χ1) is 17.9. The molecular weight excluding hydrogens is 518 g/mol. The van der Waals surface area contributed by atoms with Gasteiger partial charge in [-0.1, -0.05) is 30.3 Å². The molecule has 6 nitrogen and oxygen atoms in total. The maximum absolute atomic E-state index is 13.1. The van der Waals surface area contributed by atoms with E-state index in [1.165, 1.54) is 0 Å². The van der Waals surface area contributed by atoms with E-state index >= 15 is 0 Å². The van der Waals surface area contributed by atoms with Gasteiger partial charge in [-0.05, 0) is 42.2 Å². The van der Waals surface area contributed by atoms with Gasteiger partial charge in [0.25, 0.3) is 0 Å². The number of hydrogen-bond donors (Lipinski definition) is 2. The van der Waals surface area contributed by atoms with Gasteiger partial charge in [-0.25, -0.2) is 4.79 Å². The minimum Gasteiger partial charge on any atom is -0.480 e. The zero-order chi connectivity index (χ0) is 27.8. The third-order valence-electron chi connectivity index (χ3n) is 6.21. The van der Waals surface area contributed by atoms with Gasteiger partial charge >= 0.3 is 18.3 Å². The van der Waals surface area contributed by atoms with Crippen molar-refractivity contribution in [2.24, 2.45) is 0 Å². The molecule has 210 valence electrons. The Bertz CT molecular complexity index is 1000.